The van der Waals surface area contributed by atoms with Gasteiger partial charge in [0.05, 0.1) is 0 Å². The number of carbonyl (C=O) groups excluding carboxylic acids is 2. The van der Waals surface area contributed by atoms with E-state index in [-0.39, 0.29) is 23.9 Å². The minimum atomic E-state index is -0.380. The molecule has 0 bridgehead atoms. The third-order valence-electron chi connectivity index (χ3n) is 4.28. The van der Waals surface area contributed by atoms with Crippen LogP contribution in [0, 0.1) is 5.92 Å². The SMILES string of the molecule is CCC1NC(=O)C(C2CC2)N(Cc2ccccc2Br)C1=O. The number of nitrogens with one attached hydrogen (secondary N) is 1. The monoisotopic (exact) mass is 350 g/mol. The van der Waals surface area contributed by atoms with E-state index in [0.717, 1.165) is 22.9 Å². The minimum absolute atomic E-state index is 0.0102. The molecule has 1 aliphatic carbocycles. The summed E-state index contributed by atoms with van der Waals surface area (Å²) in [7, 11) is 0. The summed E-state index contributed by atoms with van der Waals surface area (Å²) in [6, 6.07) is 7.19. The Kier molecular flexibility index (Phi) is 4.02. The molecule has 4 nitrogen and oxygen atoms in total. The zero-order valence-corrected chi connectivity index (χ0v) is 13.6. The maximum absolute atomic E-state index is 12.7. The van der Waals surface area contributed by atoms with E-state index < -0.39 is 0 Å². The summed E-state index contributed by atoms with van der Waals surface area (Å²) in [6.45, 7) is 2.42. The van der Waals surface area contributed by atoms with Crippen LogP contribution in [0.25, 0.3) is 0 Å². The van der Waals surface area contributed by atoms with Gasteiger partial charge in [-0.05, 0) is 36.8 Å². The fourth-order valence-electron chi connectivity index (χ4n) is 2.94. The van der Waals surface area contributed by atoms with E-state index in [1.54, 1.807) is 4.90 Å². The zero-order valence-electron chi connectivity index (χ0n) is 12.0. The molecule has 1 heterocycles. The standard InChI is InChI=1S/C16H19BrN2O2/c1-2-13-16(21)19(9-11-5-3-4-6-12(11)17)14(10-7-8-10)15(20)18-13/h3-6,10,13-14H,2,7-9H2,1H3,(H,18,20). The average Bonchev–Trinajstić information content (AvgIpc) is 3.29. The van der Waals surface area contributed by atoms with Crippen molar-refractivity contribution in [3.63, 3.8) is 0 Å². The first-order valence-corrected chi connectivity index (χ1v) is 8.25. The summed E-state index contributed by atoms with van der Waals surface area (Å²) in [5, 5.41) is 2.88. The number of hydrogen-bond acceptors (Lipinski definition) is 2. The normalized spacial score (nSPS) is 25.9. The number of piperazine rings is 1. The van der Waals surface area contributed by atoms with Crippen LogP contribution in [0.5, 0.6) is 0 Å². The lowest BCUT2D eigenvalue weighted by atomic mass is 10.0. The summed E-state index contributed by atoms with van der Waals surface area (Å²) >= 11 is 3.52. The first kappa shape index (κ1) is 14.6. The molecule has 112 valence electrons. The highest BCUT2D eigenvalue weighted by Crippen LogP contribution is 2.38. The van der Waals surface area contributed by atoms with Crippen LogP contribution in [0.3, 0.4) is 0 Å². The molecule has 2 fully saturated rings. The van der Waals surface area contributed by atoms with Gasteiger partial charge in [-0.25, -0.2) is 0 Å². The Balaban J connectivity index is 1.89. The lowest BCUT2D eigenvalue weighted by Gasteiger charge is -2.39. The summed E-state index contributed by atoms with van der Waals surface area (Å²) in [5.74, 6) is 0.384. The van der Waals surface area contributed by atoms with Crippen LogP contribution < -0.4 is 5.32 Å². The van der Waals surface area contributed by atoms with E-state index in [9.17, 15) is 9.59 Å². The molecule has 2 amide bonds. The maximum Gasteiger partial charge on any atom is 0.246 e. The molecule has 5 heteroatoms. The second kappa shape index (κ2) is 5.79. The largest absolute Gasteiger partial charge is 0.343 e. The van der Waals surface area contributed by atoms with Crippen LogP contribution >= 0.6 is 15.9 Å². The van der Waals surface area contributed by atoms with Crippen LogP contribution in [-0.2, 0) is 16.1 Å². The van der Waals surface area contributed by atoms with Crippen LogP contribution in [0.1, 0.15) is 31.7 Å². The van der Waals surface area contributed by atoms with E-state index in [2.05, 4.69) is 21.2 Å². The van der Waals surface area contributed by atoms with Crippen molar-refractivity contribution >= 4 is 27.7 Å². The van der Waals surface area contributed by atoms with Gasteiger partial charge in [0, 0.05) is 11.0 Å². The fraction of sp³-hybridized carbons (Fsp3) is 0.500. The Morgan fingerprint density at radius 2 is 2.00 bits per heavy atom. The van der Waals surface area contributed by atoms with Crippen LogP contribution in [0.15, 0.2) is 28.7 Å². The molecule has 1 aliphatic heterocycles. The Hall–Kier alpha value is -1.36. The molecule has 2 atom stereocenters. The number of carbonyl (C=O) groups is 2. The van der Waals surface area contributed by atoms with Gasteiger partial charge in [-0.15, -0.1) is 0 Å². The van der Waals surface area contributed by atoms with E-state index >= 15 is 0 Å². The molecule has 3 rings (SSSR count). The van der Waals surface area contributed by atoms with Gasteiger partial charge in [0.1, 0.15) is 12.1 Å². The number of nitrogens with zero attached hydrogens (tertiary/aromatic N) is 1. The lowest BCUT2D eigenvalue weighted by molar-refractivity contribution is -0.151. The minimum Gasteiger partial charge on any atom is -0.343 e. The van der Waals surface area contributed by atoms with Gasteiger partial charge in [0.15, 0.2) is 0 Å². The van der Waals surface area contributed by atoms with Crippen molar-refractivity contribution in [2.24, 2.45) is 5.92 Å². The Labute approximate surface area is 133 Å². The van der Waals surface area contributed by atoms with Crippen molar-refractivity contribution in [2.45, 2.75) is 44.8 Å². The molecule has 1 aromatic carbocycles. The predicted molar refractivity (Wildman–Crippen MR) is 83.4 cm³/mol. The molecule has 0 aromatic heterocycles. The molecule has 1 N–H and O–H groups in total. The molecule has 21 heavy (non-hydrogen) atoms. The first-order chi connectivity index (χ1) is 10.1. The highest BCUT2D eigenvalue weighted by molar-refractivity contribution is 9.10. The number of rotatable bonds is 4. The van der Waals surface area contributed by atoms with Crippen molar-refractivity contribution < 1.29 is 9.59 Å². The summed E-state index contributed by atoms with van der Waals surface area (Å²) in [5.41, 5.74) is 1.04. The summed E-state index contributed by atoms with van der Waals surface area (Å²) in [4.78, 5) is 26.8. The number of halogens is 1. The van der Waals surface area contributed by atoms with Crippen molar-refractivity contribution in [3.8, 4) is 0 Å². The zero-order chi connectivity index (χ0) is 15.0. The second-order valence-corrected chi connectivity index (χ2v) is 6.66. The molecule has 0 radical (unpaired) electrons. The van der Waals surface area contributed by atoms with Crippen molar-refractivity contribution in [2.75, 3.05) is 0 Å². The smallest absolute Gasteiger partial charge is 0.246 e. The van der Waals surface area contributed by atoms with E-state index in [1.807, 2.05) is 31.2 Å². The molecular weight excluding hydrogens is 332 g/mol. The van der Waals surface area contributed by atoms with Gasteiger partial charge in [0.25, 0.3) is 0 Å². The Morgan fingerprint density at radius 3 is 2.62 bits per heavy atom. The molecule has 0 spiro atoms. The van der Waals surface area contributed by atoms with Crippen molar-refractivity contribution in [1.82, 2.24) is 10.2 Å². The van der Waals surface area contributed by atoms with E-state index in [1.165, 1.54) is 0 Å². The molecule has 1 saturated carbocycles. The Bertz CT molecular complexity index is 571. The van der Waals surface area contributed by atoms with Gasteiger partial charge in [0.2, 0.25) is 11.8 Å². The topological polar surface area (TPSA) is 49.4 Å². The number of hydrogen-bond donors (Lipinski definition) is 1. The van der Waals surface area contributed by atoms with Crippen molar-refractivity contribution in [3.05, 3.63) is 34.3 Å². The predicted octanol–water partition coefficient (Wildman–Crippen LogP) is 2.46. The summed E-state index contributed by atoms with van der Waals surface area (Å²) in [6.07, 6.45) is 2.71. The second-order valence-electron chi connectivity index (χ2n) is 5.81. The molecule has 1 saturated heterocycles. The average molecular weight is 351 g/mol. The van der Waals surface area contributed by atoms with Gasteiger partial charge >= 0.3 is 0 Å². The van der Waals surface area contributed by atoms with Crippen LogP contribution in [0.4, 0.5) is 0 Å². The van der Waals surface area contributed by atoms with Crippen LogP contribution in [0.2, 0.25) is 0 Å². The van der Waals surface area contributed by atoms with E-state index in [4.69, 9.17) is 0 Å². The lowest BCUT2D eigenvalue weighted by Crippen LogP contribution is -2.63. The number of benzene rings is 1. The third-order valence-corrected chi connectivity index (χ3v) is 5.05. The number of amides is 2. The van der Waals surface area contributed by atoms with Gasteiger partial charge < -0.3 is 10.2 Å². The maximum atomic E-state index is 12.7. The molecular formula is C16H19BrN2O2. The third kappa shape index (κ3) is 2.84. The highest BCUT2D eigenvalue weighted by Gasteiger charge is 2.47. The fourth-order valence-corrected chi connectivity index (χ4v) is 3.35. The summed E-state index contributed by atoms with van der Waals surface area (Å²) < 4.78 is 0.978. The van der Waals surface area contributed by atoms with Gasteiger partial charge in [-0.3, -0.25) is 9.59 Å². The molecule has 2 unspecified atom stereocenters. The Morgan fingerprint density at radius 1 is 1.29 bits per heavy atom. The van der Waals surface area contributed by atoms with Gasteiger partial charge in [-0.1, -0.05) is 41.1 Å². The highest BCUT2D eigenvalue weighted by atomic mass is 79.9. The first-order valence-electron chi connectivity index (χ1n) is 7.46. The van der Waals surface area contributed by atoms with Gasteiger partial charge in [-0.2, -0.15) is 0 Å². The quantitative estimate of drug-likeness (QED) is 0.906. The van der Waals surface area contributed by atoms with Crippen LogP contribution in [-0.4, -0.2) is 28.8 Å². The molecule has 1 aromatic rings. The van der Waals surface area contributed by atoms with Crippen molar-refractivity contribution in [1.29, 1.82) is 0 Å². The van der Waals surface area contributed by atoms with E-state index in [0.29, 0.717) is 18.9 Å². The molecule has 2 aliphatic rings.